The summed E-state index contributed by atoms with van der Waals surface area (Å²) in [6.45, 7) is 3.85. The first-order valence-electron chi connectivity index (χ1n) is 9.31. The number of nitrogens with zero attached hydrogens (tertiary/aromatic N) is 3. The lowest BCUT2D eigenvalue weighted by molar-refractivity contribution is -0.384. The van der Waals surface area contributed by atoms with E-state index >= 15 is 0 Å². The molecule has 0 aliphatic rings. The van der Waals surface area contributed by atoms with E-state index in [9.17, 15) is 19.7 Å². The van der Waals surface area contributed by atoms with Gasteiger partial charge in [0.15, 0.2) is 0 Å². The zero-order valence-corrected chi connectivity index (χ0v) is 16.6. The summed E-state index contributed by atoms with van der Waals surface area (Å²) in [6, 6.07) is 14.8. The molecule has 0 radical (unpaired) electrons. The van der Waals surface area contributed by atoms with Crippen molar-refractivity contribution in [2.24, 2.45) is 0 Å². The number of rotatable bonds is 6. The van der Waals surface area contributed by atoms with E-state index < -0.39 is 10.8 Å². The molecular formula is C21H21N5O4. The Labute approximate surface area is 172 Å². The SMILES string of the molecule is Cc1nn(-c2ccccc2)c(C)c1CCC(=O)NNC(=O)c1ccc([N+](=O)[O-])cc1. The van der Waals surface area contributed by atoms with E-state index in [4.69, 9.17) is 0 Å². The predicted octanol–water partition coefficient (Wildman–Crippen LogP) is 2.79. The van der Waals surface area contributed by atoms with Crippen molar-refractivity contribution in [2.45, 2.75) is 26.7 Å². The molecule has 0 aliphatic heterocycles. The van der Waals surface area contributed by atoms with Crippen LogP contribution in [0.1, 0.15) is 33.7 Å². The topological polar surface area (TPSA) is 119 Å². The number of carbonyl (C=O) groups excluding carboxylic acids is 2. The lowest BCUT2D eigenvalue weighted by Gasteiger charge is -2.08. The first-order valence-corrected chi connectivity index (χ1v) is 9.31. The Balaban J connectivity index is 1.55. The normalized spacial score (nSPS) is 10.5. The van der Waals surface area contributed by atoms with Gasteiger partial charge in [-0.25, -0.2) is 4.68 Å². The molecule has 0 fully saturated rings. The zero-order chi connectivity index (χ0) is 21.7. The molecule has 0 bridgehead atoms. The molecule has 0 saturated heterocycles. The van der Waals surface area contributed by atoms with Gasteiger partial charge in [0.05, 0.1) is 16.3 Å². The lowest BCUT2D eigenvalue weighted by Crippen LogP contribution is -2.41. The van der Waals surface area contributed by atoms with E-state index in [1.807, 2.05) is 48.9 Å². The van der Waals surface area contributed by atoms with Gasteiger partial charge >= 0.3 is 0 Å². The van der Waals surface area contributed by atoms with E-state index in [1.54, 1.807) is 0 Å². The monoisotopic (exact) mass is 407 g/mol. The number of non-ortho nitro benzene ring substituents is 1. The van der Waals surface area contributed by atoms with E-state index in [0.717, 1.165) is 22.6 Å². The third-order valence-electron chi connectivity index (χ3n) is 4.70. The molecule has 3 rings (SSSR count). The Morgan fingerprint density at radius 2 is 1.70 bits per heavy atom. The van der Waals surface area contributed by atoms with Crippen molar-refractivity contribution >= 4 is 17.5 Å². The minimum absolute atomic E-state index is 0.114. The molecule has 9 nitrogen and oxygen atoms in total. The molecule has 2 N–H and O–H groups in total. The van der Waals surface area contributed by atoms with E-state index in [2.05, 4.69) is 16.0 Å². The second kappa shape index (κ2) is 8.99. The van der Waals surface area contributed by atoms with Crippen LogP contribution in [-0.4, -0.2) is 26.5 Å². The van der Waals surface area contributed by atoms with Gasteiger partial charge in [0.25, 0.3) is 11.6 Å². The third-order valence-corrected chi connectivity index (χ3v) is 4.70. The minimum Gasteiger partial charge on any atom is -0.273 e. The summed E-state index contributed by atoms with van der Waals surface area (Å²) in [4.78, 5) is 34.3. The van der Waals surface area contributed by atoms with Crippen molar-refractivity contribution < 1.29 is 14.5 Å². The maximum Gasteiger partial charge on any atom is 0.269 e. The third kappa shape index (κ3) is 4.69. The number of amides is 2. The van der Waals surface area contributed by atoms with Crippen LogP contribution >= 0.6 is 0 Å². The second-order valence-corrected chi connectivity index (χ2v) is 6.70. The van der Waals surface area contributed by atoms with Crippen molar-refractivity contribution in [3.05, 3.63) is 87.2 Å². The number of hydrogen-bond acceptors (Lipinski definition) is 5. The van der Waals surface area contributed by atoms with Crippen LogP contribution in [0.2, 0.25) is 0 Å². The summed E-state index contributed by atoms with van der Waals surface area (Å²) in [5.74, 6) is -0.904. The Kier molecular flexibility index (Phi) is 6.21. The summed E-state index contributed by atoms with van der Waals surface area (Å²) < 4.78 is 1.85. The van der Waals surface area contributed by atoms with Crippen LogP contribution in [0.5, 0.6) is 0 Å². The molecular weight excluding hydrogens is 386 g/mol. The first kappa shape index (κ1) is 20.7. The molecule has 154 valence electrons. The molecule has 3 aromatic rings. The predicted molar refractivity (Wildman–Crippen MR) is 110 cm³/mol. The minimum atomic E-state index is -0.553. The molecule has 0 unspecified atom stereocenters. The molecule has 9 heteroatoms. The van der Waals surface area contributed by atoms with Crippen LogP contribution in [0.4, 0.5) is 5.69 Å². The summed E-state index contributed by atoms with van der Waals surface area (Å²) in [7, 11) is 0. The molecule has 2 amide bonds. The highest BCUT2D eigenvalue weighted by Gasteiger charge is 2.15. The van der Waals surface area contributed by atoms with Gasteiger partial charge in [0.2, 0.25) is 5.91 Å². The number of aromatic nitrogens is 2. The van der Waals surface area contributed by atoms with Gasteiger partial charge < -0.3 is 0 Å². The maximum absolute atomic E-state index is 12.2. The number of nitro benzene ring substituents is 1. The van der Waals surface area contributed by atoms with Gasteiger partial charge in [-0.2, -0.15) is 5.10 Å². The van der Waals surface area contributed by atoms with Crippen LogP contribution in [-0.2, 0) is 11.2 Å². The van der Waals surface area contributed by atoms with Crippen molar-refractivity contribution in [3.8, 4) is 5.69 Å². The highest BCUT2D eigenvalue weighted by molar-refractivity contribution is 5.95. The lowest BCUT2D eigenvalue weighted by atomic mass is 10.1. The average Bonchev–Trinajstić information content (AvgIpc) is 3.04. The Bertz CT molecular complexity index is 1070. The van der Waals surface area contributed by atoms with Crippen molar-refractivity contribution in [1.29, 1.82) is 0 Å². The Morgan fingerprint density at radius 3 is 2.33 bits per heavy atom. The van der Waals surface area contributed by atoms with Gasteiger partial charge in [0.1, 0.15) is 0 Å². The van der Waals surface area contributed by atoms with Crippen molar-refractivity contribution in [3.63, 3.8) is 0 Å². The molecule has 0 aliphatic carbocycles. The van der Waals surface area contributed by atoms with Gasteiger partial charge in [0, 0.05) is 29.8 Å². The molecule has 0 saturated carbocycles. The number of hydrazine groups is 1. The average molecular weight is 407 g/mol. The number of carbonyl (C=O) groups is 2. The number of nitro groups is 1. The zero-order valence-electron chi connectivity index (χ0n) is 16.6. The Morgan fingerprint density at radius 1 is 1.03 bits per heavy atom. The van der Waals surface area contributed by atoms with E-state index in [-0.39, 0.29) is 23.6 Å². The summed E-state index contributed by atoms with van der Waals surface area (Å²) in [6.07, 6.45) is 0.645. The van der Waals surface area contributed by atoms with E-state index in [0.29, 0.717) is 6.42 Å². The fraction of sp³-hybridized carbons (Fsp3) is 0.190. The summed E-state index contributed by atoms with van der Waals surface area (Å²) >= 11 is 0. The standard InChI is InChI=1S/C21H21N5O4/c1-14-19(15(2)25(24-14)17-6-4-3-5-7-17)12-13-20(27)22-23-21(28)16-8-10-18(11-9-16)26(29)30/h3-11H,12-13H2,1-2H3,(H,22,27)(H,23,28). The smallest absolute Gasteiger partial charge is 0.269 e. The fourth-order valence-corrected chi connectivity index (χ4v) is 3.09. The maximum atomic E-state index is 12.2. The largest absolute Gasteiger partial charge is 0.273 e. The van der Waals surface area contributed by atoms with Crippen molar-refractivity contribution in [2.75, 3.05) is 0 Å². The molecule has 0 atom stereocenters. The van der Waals surface area contributed by atoms with Crippen molar-refractivity contribution in [1.82, 2.24) is 20.6 Å². The quantitative estimate of drug-likeness (QED) is 0.481. The van der Waals surface area contributed by atoms with Crippen LogP contribution in [0, 0.1) is 24.0 Å². The van der Waals surface area contributed by atoms with Gasteiger partial charge in [-0.15, -0.1) is 0 Å². The van der Waals surface area contributed by atoms with Gasteiger partial charge in [-0.3, -0.25) is 30.6 Å². The first-order chi connectivity index (χ1) is 14.4. The number of aryl methyl sites for hydroxylation is 1. The van der Waals surface area contributed by atoms with Crippen LogP contribution in [0.15, 0.2) is 54.6 Å². The molecule has 2 aromatic carbocycles. The summed E-state index contributed by atoms with van der Waals surface area (Å²) in [5.41, 5.74) is 8.51. The Hall–Kier alpha value is -4.01. The highest BCUT2D eigenvalue weighted by atomic mass is 16.6. The highest BCUT2D eigenvalue weighted by Crippen LogP contribution is 2.19. The van der Waals surface area contributed by atoms with Crippen LogP contribution in [0.3, 0.4) is 0 Å². The van der Waals surface area contributed by atoms with Crippen LogP contribution in [0.25, 0.3) is 5.69 Å². The number of nitrogens with one attached hydrogen (secondary N) is 2. The number of para-hydroxylation sites is 1. The second-order valence-electron chi connectivity index (χ2n) is 6.70. The molecule has 1 heterocycles. The fourth-order valence-electron chi connectivity index (χ4n) is 3.09. The summed E-state index contributed by atoms with van der Waals surface area (Å²) in [5, 5.41) is 15.2. The van der Waals surface area contributed by atoms with Crippen LogP contribution < -0.4 is 10.9 Å². The number of benzene rings is 2. The van der Waals surface area contributed by atoms with Gasteiger partial charge in [-0.1, -0.05) is 18.2 Å². The number of hydrogen-bond donors (Lipinski definition) is 2. The molecule has 0 spiro atoms. The van der Waals surface area contributed by atoms with Gasteiger partial charge in [-0.05, 0) is 50.1 Å². The van der Waals surface area contributed by atoms with E-state index in [1.165, 1.54) is 24.3 Å². The molecule has 1 aromatic heterocycles. The molecule has 30 heavy (non-hydrogen) atoms.